The molecule has 1 heterocycles. The molecular weight excluding hydrogens is 272 g/mol. The summed E-state index contributed by atoms with van der Waals surface area (Å²) in [4.78, 5) is 8.79. The fraction of sp³-hybridized carbons (Fsp3) is 0.692. The van der Waals surface area contributed by atoms with Crippen molar-refractivity contribution in [3.8, 4) is 11.9 Å². The van der Waals surface area contributed by atoms with Crippen LogP contribution in [-0.4, -0.2) is 26.6 Å². The molecule has 0 spiro atoms. The molecule has 0 aromatic carbocycles. The van der Waals surface area contributed by atoms with Crippen molar-refractivity contribution in [1.82, 2.24) is 9.97 Å². The lowest BCUT2D eigenvalue weighted by Gasteiger charge is -2.23. The minimum Gasteiger partial charge on any atom is -0.531 e. The van der Waals surface area contributed by atoms with E-state index in [-0.39, 0.29) is 0 Å². The largest absolute Gasteiger partial charge is 0.531 e. The monoisotopic (exact) mass is 298 g/mol. The molecule has 0 saturated carbocycles. The van der Waals surface area contributed by atoms with Gasteiger partial charge in [-0.15, -0.1) is 0 Å². The summed E-state index contributed by atoms with van der Waals surface area (Å²) in [5.74, 6) is 1.03. The van der Waals surface area contributed by atoms with Crippen molar-refractivity contribution in [3.63, 3.8) is 0 Å². The molecule has 0 aliphatic heterocycles. The summed E-state index contributed by atoms with van der Waals surface area (Å²) >= 11 is 0. The second-order valence-corrected chi connectivity index (χ2v) is 15.9. The molecule has 0 radical (unpaired) electrons. The minimum absolute atomic E-state index is 0.340. The Morgan fingerprint density at radius 3 is 1.89 bits per heavy atom. The Morgan fingerprint density at radius 1 is 0.947 bits per heavy atom. The molecule has 0 saturated heterocycles. The highest BCUT2D eigenvalue weighted by Crippen LogP contribution is 2.28. The van der Waals surface area contributed by atoms with E-state index in [0.29, 0.717) is 17.8 Å². The molecule has 0 amide bonds. The highest BCUT2D eigenvalue weighted by Gasteiger charge is 2.23. The molecule has 19 heavy (non-hydrogen) atoms. The van der Waals surface area contributed by atoms with Gasteiger partial charge in [-0.05, 0) is 45.2 Å². The Bertz CT molecular complexity index is 437. The van der Waals surface area contributed by atoms with Crippen LogP contribution in [0.3, 0.4) is 0 Å². The molecule has 6 heteroatoms. The van der Waals surface area contributed by atoms with Gasteiger partial charge in [0.05, 0.1) is 0 Å². The normalized spacial score (nSPS) is 12.7. The molecule has 108 valence electrons. The quantitative estimate of drug-likeness (QED) is 0.770. The van der Waals surface area contributed by atoms with E-state index in [1.807, 2.05) is 6.20 Å². The van der Waals surface area contributed by atoms with E-state index in [1.165, 1.54) is 0 Å². The van der Waals surface area contributed by atoms with Gasteiger partial charge in [0.25, 0.3) is 0 Å². The van der Waals surface area contributed by atoms with E-state index < -0.39 is 16.6 Å². The van der Waals surface area contributed by atoms with Gasteiger partial charge in [-0.3, -0.25) is 0 Å². The SMILES string of the molecule is CC(C)c1cnc(O[Si](C)(C)C)nc1O[Si](C)(C)C. The van der Waals surface area contributed by atoms with Crippen LogP contribution < -0.4 is 8.85 Å². The summed E-state index contributed by atoms with van der Waals surface area (Å²) in [5, 5.41) is 0. The van der Waals surface area contributed by atoms with Crippen molar-refractivity contribution < 1.29 is 8.85 Å². The van der Waals surface area contributed by atoms with Gasteiger partial charge in [-0.1, -0.05) is 13.8 Å². The first kappa shape index (κ1) is 16.2. The molecule has 0 atom stereocenters. The number of rotatable bonds is 5. The Balaban J connectivity index is 3.11. The maximum absolute atomic E-state index is 6.07. The van der Waals surface area contributed by atoms with Crippen molar-refractivity contribution >= 4 is 16.6 Å². The van der Waals surface area contributed by atoms with Gasteiger partial charge in [0, 0.05) is 11.8 Å². The van der Waals surface area contributed by atoms with Gasteiger partial charge in [0.15, 0.2) is 0 Å². The van der Waals surface area contributed by atoms with Gasteiger partial charge >= 0.3 is 6.01 Å². The maximum atomic E-state index is 6.07. The van der Waals surface area contributed by atoms with E-state index in [9.17, 15) is 0 Å². The third kappa shape index (κ3) is 5.73. The van der Waals surface area contributed by atoms with Crippen molar-refractivity contribution in [2.75, 3.05) is 0 Å². The first-order valence-electron chi connectivity index (χ1n) is 6.73. The van der Waals surface area contributed by atoms with E-state index in [2.05, 4.69) is 63.1 Å². The topological polar surface area (TPSA) is 44.2 Å². The van der Waals surface area contributed by atoms with Crippen molar-refractivity contribution in [1.29, 1.82) is 0 Å². The summed E-state index contributed by atoms with van der Waals surface area (Å²) < 4.78 is 11.9. The summed E-state index contributed by atoms with van der Waals surface area (Å²) in [6, 6.07) is 0.441. The number of nitrogens with zero attached hydrogens (tertiary/aromatic N) is 2. The van der Waals surface area contributed by atoms with Crippen LogP contribution in [0.2, 0.25) is 39.3 Å². The van der Waals surface area contributed by atoms with Crippen LogP contribution in [0, 0.1) is 0 Å². The smallest absolute Gasteiger partial charge is 0.305 e. The fourth-order valence-electron chi connectivity index (χ4n) is 1.45. The predicted octanol–water partition coefficient (Wildman–Crippen LogP) is 4.03. The Hall–Kier alpha value is -0.886. The van der Waals surface area contributed by atoms with Crippen LogP contribution in [0.15, 0.2) is 6.20 Å². The molecular formula is C13H26N2O2Si2. The lowest BCUT2D eigenvalue weighted by molar-refractivity contribution is 0.468. The molecule has 0 fully saturated rings. The fourth-order valence-corrected chi connectivity index (χ4v) is 2.84. The van der Waals surface area contributed by atoms with Gasteiger partial charge in [-0.25, -0.2) is 4.98 Å². The molecule has 1 aromatic rings. The molecule has 0 aliphatic carbocycles. The third-order valence-electron chi connectivity index (χ3n) is 2.18. The number of hydrogen-bond acceptors (Lipinski definition) is 4. The molecule has 0 aliphatic rings. The zero-order valence-electron chi connectivity index (χ0n) is 13.4. The lowest BCUT2D eigenvalue weighted by Crippen LogP contribution is -2.32. The van der Waals surface area contributed by atoms with Crippen molar-refractivity contribution in [3.05, 3.63) is 11.8 Å². The Labute approximate surface area is 118 Å². The first-order valence-corrected chi connectivity index (χ1v) is 13.5. The second-order valence-electron chi connectivity index (χ2n) is 7.00. The highest BCUT2D eigenvalue weighted by molar-refractivity contribution is 6.70. The van der Waals surface area contributed by atoms with Crippen LogP contribution in [-0.2, 0) is 0 Å². The molecule has 1 rings (SSSR count). The second kappa shape index (κ2) is 5.62. The predicted molar refractivity (Wildman–Crippen MR) is 84.1 cm³/mol. The van der Waals surface area contributed by atoms with Gasteiger partial charge in [0.2, 0.25) is 22.5 Å². The minimum atomic E-state index is -1.69. The van der Waals surface area contributed by atoms with Gasteiger partial charge in [0.1, 0.15) is 0 Å². The molecule has 1 aromatic heterocycles. The molecule has 4 nitrogen and oxygen atoms in total. The van der Waals surface area contributed by atoms with E-state index in [1.54, 1.807) is 0 Å². The van der Waals surface area contributed by atoms with E-state index >= 15 is 0 Å². The van der Waals surface area contributed by atoms with Gasteiger partial charge in [-0.2, -0.15) is 4.98 Å². The standard InChI is InChI=1S/C13H26N2O2Si2/c1-10(2)11-9-14-13(17-19(6,7)8)15-12(11)16-18(3,4)5/h9-10H,1-8H3. The Kier molecular flexibility index (Phi) is 4.78. The van der Waals surface area contributed by atoms with Crippen molar-refractivity contribution in [2.45, 2.75) is 59.0 Å². The molecule has 0 bridgehead atoms. The number of aromatic nitrogens is 2. The Morgan fingerprint density at radius 2 is 1.47 bits per heavy atom. The maximum Gasteiger partial charge on any atom is 0.305 e. The van der Waals surface area contributed by atoms with Crippen LogP contribution in [0.1, 0.15) is 25.3 Å². The summed E-state index contributed by atoms with van der Waals surface area (Å²) in [7, 11) is -3.38. The average Bonchev–Trinajstić information content (AvgIpc) is 2.11. The molecule has 0 N–H and O–H groups in total. The van der Waals surface area contributed by atoms with Crippen LogP contribution in [0.5, 0.6) is 11.9 Å². The third-order valence-corrected chi connectivity index (χ3v) is 3.78. The summed E-state index contributed by atoms with van der Waals surface area (Å²) in [5.41, 5.74) is 1.05. The van der Waals surface area contributed by atoms with Gasteiger partial charge < -0.3 is 8.85 Å². The van der Waals surface area contributed by atoms with Crippen molar-refractivity contribution in [2.24, 2.45) is 0 Å². The first-order chi connectivity index (χ1) is 8.48. The highest BCUT2D eigenvalue weighted by atomic mass is 28.4. The average molecular weight is 299 g/mol. The van der Waals surface area contributed by atoms with E-state index in [4.69, 9.17) is 8.85 Å². The van der Waals surface area contributed by atoms with Crippen LogP contribution >= 0.6 is 0 Å². The lowest BCUT2D eigenvalue weighted by atomic mass is 10.1. The zero-order chi connectivity index (χ0) is 14.8. The zero-order valence-corrected chi connectivity index (χ0v) is 15.4. The van der Waals surface area contributed by atoms with Crippen LogP contribution in [0.25, 0.3) is 0 Å². The van der Waals surface area contributed by atoms with E-state index in [0.717, 1.165) is 5.56 Å². The number of hydrogen-bond donors (Lipinski definition) is 0. The summed E-state index contributed by atoms with van der Waals surface area (Å²) in [6.07, 6.45) is 1.84. The summed E-state index contributed by atoms with van der Waals surface area (Å²) in [6.45, 7) is 17.0. The molecule has 0 unspecified atom stereocenters. The van der Waals surface area contributed by atoms with Crippen LogP contribution in [0.4, 0.5) is 0 Å².